The van der Waals surface area contributed by atoms with Gasteiger partial charge in [-0.25, -0.2) is 0 Å². The topological polar surface area (TPSA) is 55.8 Å². The Morgan fingerprint density at radius 2 is 1.96 bits per heavy atom. The van der Waals surface area contributed by atoms with E-state index in [2.05, 4.69) is 0 Å². The highest BCUT2D eigenvalue weighted by Gasteiger charge is 2.29. The molecule has 1 saturated carbocycles. The van der Waals surface area contributed by atoms with Crippen LogP contribution in [0.15, 0.2) is 24.3 Å². The van der Waals surface area contributed by atoms with Crippen molar-refractivity contribution < 1.29 is 19.1 Å². The standard InChI is InChI=1S/C20H27NO4/c1-2-21(17-9-4-3-5-10-17)19(22)14-25-20(23)16-12-15-8-6-7-11-18(15)24-13-16/h6-8,11,16-17H,2-5,9-10,12-14H2,1H3. The van der Waals surface area contributed by atoms with Gasteiger partial charge in [0.15, 0.2) is 6.61 Å². The van der Waals surface area contributed by atoms with Crippen LogP contribution in [0.1, 0.15) is 44.6 Å². The second kappa shape index (κ2) is 8.37. The Balaban J connectivity index is 1.50. The van der Waals surface area contributed by atoms with Crippen molar-refractivity contribution >= 4 is 11.9 Å². The maximum atomic E-state index is 12.5. The first kappa shape index (κ1) is 17.8. The molecule has 1 aliphatic heterocycles. The van der Waals surface area contributed by atoms with E-state index in [1.54, 1.807) is 0 Å². The van der Waals surface area contributed by atoms with Gasteiger partial charge in [0.2, 0.25) is 0 Å². The van der Waals surface area contributed by atoms with Gasteiger partial charge in [-0.1, -0.05) is 37.5 Å². The van der Waals surface area contributed by atoms with Gasteiger partial charge in [0.25, 0.3) is 5.91 Å². The fraction of sp³-hybridized carbons (Fsp3) is 0.600. The normalized spacial score (nSPS) is 20.3. The zero-order valence-corrected chi connectivity index (χ0v) is 14.9. The van der Waals surface area contributed by atoms with Gasteiger partial charge in [-0.3, -0.25) is 9.59 Å². The van der Waals surface area contributed by atoms with Gasteiger partial charge in [-0.05, 0) is 37.8 Å². The summed E-state index contributed by atoms with van der Waals surface area (Å²) >= 11 is 0. The molecule has 1 aromatic carbocycles. The molecule has 0 N–H and O–H groups in total. The highest BCUT2D eigenvalue weighted by atomic mass is 16.5. The summed E-state index contributed by atoms with van der Waals surface area (Å²) in [4.78, 5) is 26.7. The number of para-hydroxylation sites is 1. The first-order valence-corrected chi connectivity index (χ1v) is 9.36. The highest BCUT2D eigenvalue weighted by molar-refractivity contribution is 5.82. The van der Waals surface area contributed by atoms with E-state index in [1.807, 2.05) is 36.1 Å². The molecule has 25 heavy (non-hydrogen) atoms. The number of fused-ring (bicyclic) bond motifs is 1. The molecule has 3 rings (SSSR count). The number of nitrogens with zero attached hydrogens (tertiary/aromatic N) is 1. The molecule has 1 amide bonds. The minimum atomic E-state index is -0.345. The van der Waals surface area contributed by atoms with E-state index < -0.39 is 0 Å². The van der Waals surface area contributed by atoms with Crippen molar-refractivity contribution in [3.05, 3.63) is 29.8 Å². The van der Waals surface area contributed by atoms with E-state index in [0.717, 1.165) is 24.2 Å². The number of ether oxygens (including phenoxy) is 2. The van der Waals surface area contributed by atoms with E-state index in [1.165, 1.54) is 19.3 Å². The number of rotatable bonds is 5. The second-order valence-corrected chi connectivity index (χ2v) is 6.90. The molecule has 1 atom stereocenters. The van der Waals surface area contributed by atoms with Crippen molar-refractivity contribution in [2.75, 3.05) is 19.8 Å². The third-order valence-corrected chi connectivity index (χ3v) is 5.23. The minimum Gasteiger partial charge on any atom is -0.492 e. The van der Waals surface area contributed by atoms with Crippen molar-refractivity contribution in [2.24, 2.45) is 5.92 Å². The summed E-state index contributed by atoms with van der Waals surface area (Å²) in [5.74, 6) is 0.0620. The van der Waals surface area contributed by atoms with E-state index >= 15 is 0 Å². The number of esters is 1. The lowest BCUT2D eigenvalue weighted by Crippen LogP contribution is -2.44. The van der Waals surface area contributed by atoms with Crippen molar-refractivity contribution in [3.63, 3.8) is 0 Å². The molecule has 1 heterocycles. The van der Waals surface area contributed by atoms with E-state index in [9.17, 15) is 9.59 Å². The fourth-order valence-corrected chi connectivity index (χ4v) is 3.84. The molecular formula is C20H27NO4. The van der Waals surface area contributed by atoms with Crippen LogP contribution in [-0.4, -0.2) is 42.6 Å². The van der Waals surface area contributed by atoms with Crippen LogP contribution in [0, 0.1) is 5.92 Å². The minimum absolute atomic E-state index is 0.0834. The zero-order valence-electron chi connectivity index (χ0n) is 14.9. The van der Waals surface area contributed by atoms with Crippen LogP contribution in [0.25, 0.3) is 0 Å². The molecule has 0 spiro atoms. The Hall–Kier alpha value is -2.04. The number of hydrogen-bond donors (Lipinski definition) is 0. The maximum absolute atomic E-state index is 12.5. The number of carbonyl (C=O) groups is 2. The average Bonchev–Trinajstić information content (AvgIpc) is 2.67. The van der Waals surface area contributed by atoms with Gasteiger partial charge in [0, 0.05) is 12.6 Å². The molecule has 1 unspecified atom stereocenters. The van der Waals surface area contributed by atoms with Crippen molar-refractivity contribution in [3.8, 4) is 5.75 Å². The first-order chi connectivity index (χ1) is 12.2. The zero-order chi connectivity index (χ0) is 17.6. The summed E-state index contributed by atoms with van der Waals surface area (Å²) in [6.07, 6.45) is 6.31. The SMILES string of the molecule is CCN(C(=O)COC(=O)C1COc2ccccc2C1)C1CCCCC1. The summed E-state index contributed by atoms with van der Waals surface area (Å²) in [7, 11) is 0. The van der Waals surface area contributed by atoms with Crippen LogP contribution in [-0.2, 0) is 20.7 Å². The Bertz CT molecular complexity index is 609. The number of amides is 1. The monoisotopic (exact) mass is 345 g/mol. The Kier molecular flexibility index (Phi) is 5.95. The number of likely N-dealkylation sites (N-methyl/N-ethyl adjacent to an activating group) is 1. The van der Waals surface area contributed by atoms with Crippen LogP contribution >= 0.6 is 0 Å². The van der Waals surface area contributed by atoms with E-state index in [4.69, 9.17) is 9.47 Å². The molecule has 1 fully saturated rings. The summed E-state index contributed by atoms with van der Waals surface area (Å²) < 4.78 is 11.0. The van der Waals surface area contributed by atoms with E-state index in [0.29, 0.717) is 25.6 Å². The van der Waals surface area contributed by atoms with Crippen molar-refractivity contribution in [1.82, 2.24) is 4.90 Å². The molecule has 0 saturated heterocycles. The lowest BCUT2D eigenvalue weighted by atomic mass is 9.94. The summed E-state index contributed by atoms with van der Waals surface area (Å²) in [6.45, 7) is 2.80. The van der Waals surface area contributed by atoms with Crippen molar-refractivity contribution in [1.29, 1.82) is 0 Å². The lowest BCUT2D eigenvalue weighted by Gasteiger charge is -2.33. The quantitative estimate of drug-likeness (QED) is 0.770. The second-order valence-electron chi connectivity index (χ2n) is 6.90. The first-order valence-electron chi connectivity index (χ1n) is 9.36. The molecule has 1 aromatic rings. The fourth-order valence-electron chi connectivity index (χ4n) is 3.84. The van der Waals surface area contributed by atoms with Gasteiger partial charge in [0.1, 0.15) is 12.4 Å². The van der Waals surface area contributed by atoms with Crippen LogP contribution in [0.4, 0.5) is 0 Å². The largest absolute Gasteiger partial charge is 0.492 e. The Labute approximate surface area is 149 Å². The smallest absolute Gasteiger partial charge is 0.313 e. The lowest BCUT2D eigenvalue weighted by molar-refractivity contribution is -0.157. The molecule has 2 aliphatic rings. The Morgan fingerprint density at radius 1 is 1.20 bits per heavy atom. The number of benzene rings is 1. The van der Waals surface area contributed by atoms with Crippen molar-refractivity contribution in [2.45, 2.75) is 51.5 Å². The third-order valence-electron chi connectivity index (χ3n) is 5.23. The summed E-state index contributed by atoms with van der Waals surface area (Å²) in [6, 6.07) is 8.02. The third kappa shape index (κ3) is 4.33. The molecule has 1 aliphatic carbocycles. The van der Waals surface area contributed by atoms with Gasteiger partial charge in [-0.2, -0.15) is 0 Å². The average molecular weight is 345 g/mol. The van der Waals surface area contributed by atoms with E-state index in [-0.39, 0.29) is 24.4 Å². The molecule has 0 aromatic heterocycles. The van der Waals surface area contributed by atoms with Gasteiger partial charge in [-0.15, -0.1) is 0 Å². The predicted octanol–water partition coefficient (Wildman–Crippen LogP) is 2.96. The maximum Gasteiger partial charge on any atom is 0.313 e. The van der Waals surface area contributed by atoms with Crippen LogP contribution in [0.3, 0.4) is 0 Å². The molecule has 136 valence electrons. The molecule has 0 radical (unpaired) electrons. The Morgan fingerprint density at radius 3 is 2.72 bits per heavy atom. The molecule has 0 bridgehead atoms. The van der Waals surface area contributed by atoms with Crippen LogP contribution in [0.2, 0.25) is 0 Å². The van der Waals surface area contributed by atoms with Crippen LogP contribution in [0.5, 0.6) is 5.75 Å². The predicted molar refractivity (Wildman–Crippen MR) is 94.4 cm³/mol. The van der Waals surface area contributed by atoms with Gasteiger partial charge in [0.05, 0.1) is 5.92 Å². The number of hydrogen-bond acceptors (Lipinski definition) is 4. The molecular weight excluding hydrogens is 318 g/mol. The molecule has 5 heteroatoms. The van der Waals surface area contributed by atoms with Crippen LogP contribution < -0.4 is 4.74 Å². The molecule has 5 nitrogen and oxygen atoms in total. The number of carbonyl (C=O) groups excluding carboxylic acids is 2. The van der Waals surface area contributed by atoms with Gasteiger partial charge >= 0.3 is 5.97 Å². The highest BCUT2D eigenvalue weighted by Crippen LogP contribution is 2.27. The summed E-state index contributed by atoms with van der Waals surface area (Å²) in [5.41, 5.74) is 1.01. The van der Waals surface area contributed by atoms with Gasteiger partial charge < -0.3 is 14.4 Å². The summed E-state index contributed by atoms with van der Waals surface area (Å²) in [5, 5.41) is 0.